The predicted octanol–water partition coefficient (Wildman–Crippen LogP) is 2.11. The highest BCUT2D eigenvalue weighted by molar-refractivity contribution is 8.00. The summed E-state index contributed by atoms with van der Waals surface area (Å²) in [5.41, 5.74) is 2.45. The number of aliphatic hydroxyl groups is 1. The van der Waals surface area contributed by atoms with Crippen molar-refractivity contribution in [3.8, 4) is 5.75 Å². The quantitative estimate of drug-likeness (QED) is 0.206. The number of nitrogens with one attached hydrogen (secondary N) is 3. The van der Waals surface area contributed by atoms with Gasteiger partial charge in [0.2, 0.25) is 11.8 Å². The first-order chi connectivity index (χ1) is 23.3. The number of rotatable bonds is 15. The van der Waals surface area contributed by atoms with E-state index in [1.165, 1.54) is 16.7 Å². The lowest BCUT2D eigenvalue weighted by Gasteiger charge is -2.34. The molecule has 2 aliphatic heterocycles. The Labute approximate surface area is 293 Å². The second-order valence-corrected chi connectivity index (χ2v) is 15.0. The summed E-state index contributed by atoms with van der Waals surface area (Å²) in [6.07, 6.45) is -1.02. The molecule has 2 heterocycles. The van der Waals surface area contributed by atoms with Crippen LogP contribution in [0.1, 0.15) is 32.8 Å². The van der Waals surface area contributed by atoms with Gasteiger partial charge in [0.15, 0.2) is 12.7 Å². The van der Waals surface area contributed by atoms with Crippen molar-refractivity contribution in [2.24, 2.45) is 5.92 Å². The Morgan fingerprint density at radius 2 is 1.86 bits per heavy atom. The Morgan fingerprint density at radius 3 is 2.51 bits per heavy atom. The molecule has 4 N–H and O–H groups in total. The van der Waals surface area contributed by atoms with Gasteiger partial charge in [-0.15, -0.1) is 11.8 Å². The monoisotopic (exact) mass is 695 g/mol. The van der Waals surface area contributed by atoms with E-state index < -0.39 is 46.7 Å². The molecule has 0 radical (unpaired) electrons. The maximum absolute atomic E-state index is 14.0. The topological polar surface area (TPSA) is 150 Å². The molecule has 0 unspecified atom stereocenters. The van der Waals surface area contributed by atoms with E-state index in [2.05, 4.69) is 22.5 Å². The Balaban J connectivity index is 1.52. The summed E-state index contributed by atoms with van der Waals surface area (Å²) in [6.45, 7) is 10.0. The molecule has 2 saturated heterocycles. The number of hydrogen-bond donors (Lipinski definition) is 4. The predicted molar refractivity (Wildman–Crippen MR) is 190 cm³/mol. The van der Waals surface area contributed by atoms with Crippen LogP contribution in [-0.4, -0.2) is 109 Å². The number of carbonyl (C=O) groups is 4. The molecular weight excluding hydrogens is 646 g/mol. The normalized spacial score (nSPS) is 20.1. The van der Waals surface area contributed by atoms with E-state index in [1.807, 2.05) is 81.4 Å². The van der Waals surface area contributed by atoms with Gasteiger partial charge in [0.25, 0.3) is 11.8 Å². The third-order valence-electron chi connectivity index (χ3n) is 8.64. The molecule has 4 rings (SSSR count). The highest BCUT2D eigenvalue weighted by Crippen LogP contribution is 2.40. The highest BCUT2D eigenvalue weighted by atomic mass is 32.2. The molecule has 0 aromatic heterocycles. The average molecular weight is 696 g/mol. The SMILES string of the molecule is C=C(C)CNC(=O)[C@H]1N(C(=O)[C@@H](O)[C@H](Cc2ccccc2)NC(=O)[C@@H](NC(=O)COc2cccc(N(C)C)c2)[C@H]2CCOC2)CSC1(C)C. The highest BCUT2D eigenvalue weighted by Gasteiger charge is 2.50. The Morgan fingerprint density at radius 1 is 1.12 bits per heavy atom. The molecule has 0 bridgehead atoms. The van der Waals surface area contributed by atoms with Gasteiger partial charge in [-0.3, -0.25) is 19.2 Å². The number of anilines is 1. The third kappa shape index (κ3) is 10.2. The van der Waals surface area contributed by atoms with Crippen LogP contribution >= 0.6 is 11.8 Å². The van der Waals surface area contributed by atoms with Crippen LogP contribution in [0.3, 0.4) is 0 Å². The van der Waals surface area contributed by atoms with Gasteiger partial charge in [-0.05, 0) is 51.3 Å². The van der Waals surface area contributed by atoms with E-state index in [4.69, 9.17) is 9.47 Å². The van der Waals surface area contributed by atoms with Gasteiger partial charge in [0.05, 0.1) is 18.5 Å². The first-order valence-electron chi connectivity index (χ1n) is 16.4. The number of nitrogens with zero attached hydrogens (tertiary/aromatic N) is 2. The van der Waals surface area contributed by atoms with E-state index >= 15 is 0 Å². The number of ether oxygens (including phenoxy) is 2. The molecule has 0 spiro atoms. The number of benzene rings is 2. The lowest BCUT2D eigenvalue weighted by atomic mass is 9.95. The lowest BCUT2D eigenvalue weighted by molar-refractivity contribution is -0.148. The fourth-order valence-electron chi connectivity index (χ4n) is 5.90. The summed E-state index contributed by atoms with van der Waals surface area (Å²) in [6, 6.07) is 13.6. The van der Waals surface area contributed by atoms with E-state index in [9.17, 15) is 24.3 Å². The smallest absolute Gasteiger partial charge is 0.258 e. The second kappa shape index (κ2) is 17.0. The molecule has 2 aliphatic rings. The van der Waals surface area contributed by atoms with Crippen LogP contribution in [0.2, 0.25) is 0 Å². The van der Waals surface area contributed by atoms with Gasteiger partial charge in [0.1, 0.15) is 17.8 Å². The zero-order valence-electron chi connectivity index (χ0n) is 28.9. The fraction of sp³-hybridized carbons (Fsp3) is 0.500. The summed E-state index contributed by atoms with van der Waals surface area (Å²) >= 11 is 1.43. The van der Waals surface area contributed by atoms with Crippen LogP contribution in [0.5, 0.6) is 5.75 Å². The third-order valence-corrected chi connectivity index (χ3v) is 10.0. The van der Waals surface area contributed by atoms with Gasteiger partial charge in [-0.1, -0.05) is 48.6 Å². The molecular formula is C36H49N5O7S. The Kier molecular flexibility index (Phi) is 13.1. The molecule has 5 atom stereocenters. The van der Waals surface area contributed by atoms with E-state index in [-0.39, 0.29) is 43.9 Å². The second-order valence-electron chi connectivity index (χ2n) is 13.4. The lowest BCUT2D eigenvalue weighted by Crippen LogP contribution is -2.61. The average Bonchev–Trinajstić information content (AvgIpc) is 3.72. The van der Waals surface area contributed by atoms with E-state index in [0.29, 0.717) is 18.8 Å². The minimum Gasteiger partial charge on any atom is -0.484 e. The molecule has 266 valence electrons. The van der Waals surface area contributed by atoms with Crippen LogP contribution in [-0.2, 0) is 30.3 Å². The fourth-order valence-corrected chi connectivity index (χ4v) is 7.04. The molecule has 13 heteroatoms. The van der Waals surface area contributed by atoms with Crippen molar-refractivity contribution in [2.75, 3.05) is 51.2 Å². The minimum absolute atomic E-state index is 0.129. The van der Waals surface area contributed by atoms with Crippen molar-refractivity contribution in [1.29, 1.82) is 0 Å². The Bertz CT molecular complexity index is 1480. The Hall–Kier alpha value is -4.07. The summed E-state index contributed by atoms with van der Waals surface area (Å²) in [5.74, 6) is -1.71. The summed E-state index contributed by atoms with van der Waals surface area (Å²) in [7, 11) is 3.80. The standard InChI is InChI=1S/C36H49N5O7S/c1-23(2)19-37-34(45)32-36(3,4)49-22-41(32)35(46)31(43)28(17-24-11-8-7-9-12-24)38-33(44)30(25-15-16-47-20-25)39-29(42)21-48-27-14-10-13-26(18-27)40(5)6/h7-14,18,25,28,30-32,43H,1,15-17,19-22H2,2-6H3,(H,37,45)(H,38,44)(H,39,42)/t25-,28-,30-,31-,32+/m0/s1. The van der Waals surface area contributed by atoms with Crippen LogP contribution in [0.15, 0.2) is 66.7 Å². The van der Waals surface area contributed by atoms with Crippen LogP contribution in [0, 0.1) is 5.92 Å². The van der Waals surface area contributed by atoms with Crippen molar-refractivity contribution in [2.45, 2.75) is 62.6 Å². The molecule has 49 heavy (non-hydrogen) atoms. The van der Waals surface area contributed by atoms with E-state index in [0.717, 1.165) is 16.8 Å². The molecule has 2 fully saturated rings. The molecule has 2 aromatic rings. The van der Waals surface area contributed by atoms with Crippen LogP contribution in [0.25, 0.3) is 0 Å². The summed E-state index contributed by atoms with van der Waals surface area (Å²) in [4.78, 5) is 57.7. The van der Waals surface area contributed by atoms with Gasteiger partial charge < -0.3 is 40.3 Å². The molecule has 0 saturated carbocycles. The van der Waals surface area contributed by atoms with Crippen molar-refractivity contribution >= 4 is 41.1 Å². The van der Waals surface area contributed by atoms with Gasteiger partial charge in [0, 0.05) is 49.7 Å². The summed E-state index contributed by atoms with van der Waals surface area (Å²) < 4.78 is 10.7. The number of carbonyl (C=O) groups excluding carboxylic acids is 4. The van der Waals surface area contributed by atoms with E-state index in [1.54, 1.807) is 13.0 Å². The van der Waals surface area contributed by atoms with Crippen molar-refractivity contribution in [1.82, 2.24) is 20.9 Å². The summed E-state index contributed by atoms with van der Waals surface area (Å²) in [5, 5.41) is 20.2. The van der Waals surface area contributed by atoms with Crippen LogP contribution < -0.4 is 25.6 Å². The van der Waals surface area contributed by atoms with Crippen molar-refractivity contribution < 1.29 is 33.8 Å². The molecule has 12 nitrogen and oxygen atoms in total. The van der Waals surface area contributed by atoms with Crippen LogP contribution in [0.4, 0.5) is 5.69 Å². The number of amides is 4. The molecule has 0 aliphatic carbocycles. The number of thioether (sulfide) groups is 1. The van der Waals surface area contributed by atoms with Crippen molar-refractivity contribution in [3.05, 3.63) is 72.3 Å². The van der Waals surface area contributed by atoms with Crippen molar-refractivity contribution in [3.63, 3.8) is 0 Å². The molecule has 2 aromatic carbocycles. The van der Waals surface area contributed by atoms with Gasteiger partial charge >= 0.3 is 0 Å². The first kappa shape index (κ1) is 37.7. The number of hydrogen-bond acceptors (Lipinski definition) is 9. The zero-order chi connectivity index (χ0) is 35.7. The van der Waals surface area contributed by atoms with Gasteiger partial charge in [-0.25, -0.2) is 0 Å². The first-order valence-corrected chi connectivity index (χ1v) is 17.4. The zero-order valence-corrected chi connectivity index (χ0v) is 29.8. The largest absolute Gasteiger partial charge is 0.484 e. The molecule has 4 amide bonds. The minimum atomic E-state index is -1.68. The maximum Gasteiger partial charge on any atom is 0.258 e. The number of aliphatic hydroxyl groups excluding tert-OH is 1. The van der Waals surface area contributed by atoms with Gasteiger partial charge in [-0.2, -0.15) is 0 Å². The maximum atomic E-state index is 14.0.